The van der Waals surface area contributed by atoms with E-state index in [1.54, 1.807) is 12.1 Å². The average Bonchev–Trinajstić information content (AvgIpc) is 2.73. The van der Waals surface area contributed by atoms with Crippen LogP contribution in [0.2, 0.25) is 10.0 Å². The number of carbonyl (C=O) groups is 2. The molecule has 1 heterocycles. The molecule has 8 heteroatoms. The van der Waals surface area contributed by atoms with Crippen LogP contribution < -0.4 is 16.0 Å². The van der Waals surface area contributed by atoms with Crippen molar-refractivity contribution in [3.8, 4) is 0 Å². The van der Waals surface area contributed by atoms with Crippen molar-refractivity contribution < 1.29 is 9.59 Å². The fourth-order valence-electron chi connectivity index (χ4n) is 4.46. The minimum absolute atomic E-state index is 0. The van der Waals surface area contributed by atoms with Crippen LogP contribution in [0.15, 0.2) is 18.2 Å². The van der Waals surface area contributed by atoms with Gasteiger partial charge in [-0.15, -0.1) is 0 Å². The Balaban J connectivity index is 0.00000272. The number of urea groups is 2. The molecule has 1 aliphatic heterocycles. The molecular formula is C25H42Cl2N4O2. The molecule has 1 saturated carbocycles. The van der Waals surface area contributed by atoms with E-state index >= 15 is 0 Å². The van der Waals surface area contributed by atoms with Gasteiger partial charge in [-0.05, 0) is 49.8 Å². The van der Waals surface area contributed by atoms with Crippen LogP contribution in [0.1, 0.15) is 84.6 Å². The van der Waals surface area contributed by atoms with Gasteiger partial charge in [-0.1, -0.05) is 76.2 Å². The van der Waals surface area contributed by atoms with Gasteiger partial charge in [0.05, 0.1) is 6.04 Å². The maximum Gasteiger partial charge on any atom is 0.317 e. The lowest BCUT2D eigenvalue weighted by Gasteiger charge is -2.36. The molecule has 1 aromatic carbocycles. The monoisotopic (exact) mass is 500 g/mol. The number of nitrogens with one attached hydrogen (secondary N) is 3. The lowest BCUT2D eigenvalue weighted by molar-refractivity contribution is 0.149. The van der Waals surface area contributed by atoms with Crippen molar-refractivity contribution in [3.63, 3.8) is 0 Å². The van der Waals surface area contributed by atoms with E-state index in [1.165, 1.54) is 32.1 Å². The molecule has 0 spiro atoms. The van der Waals surface area contributed by atoms with Crippen molar-refractivity contribution >= 4 is 35.3 Å². The molecule has 1 aliphatic carbocycles. The van der Waals surface area contributed by atoms with Gasteiger partial charge in [0.1, 0.15) is 0 Å². The van der Waals surface area contributed by atoms with E-state index in [2.05, 4.69) is 16.0 Å². The summed E-state index contributed by atoms with van der Waals surface area (Å²) in [7, 11) is 0. The molecule has 6 nitrogen and oxygen atoms in total. The maximum absolute atomic E-state index is 12.8. The quantitative estimate of drug-likeness (QED) is 0.418. The van der Waals surface area contributed by atoms with Crippen LogP contribution >= 0.6 is 23.2 Å². The lowest BCUT2D eigenvalue weighted by Crippen LogP contribution is -2.54. The Kier molecular flexibility index (Phi) is 13.6. The van der Waals surface area contributed by atoms with Gasteiger partial charge in [0.2, 0.25) is 0 Å². The number of halogens is 2. The molecule has 1 unspecified atom stereocenters. The Morgan fingerprint density at radius 3 is 2.27 bits per heavy atom. The van der Waals surface area contributed by atoms with E-state index < -0.39 is 0 Å². The third-order valence-electron chi connectivity index (χ3n) is 6.27. The van der Waals surface area contributed by atoms with Gasteiger partial charge >= 0.3 is 12.1 Å². The molecule has 0 bridgehead atoms. The summed E-state index contributed by atoms with van der Waals surface area (Å²) in [5.41, 5.74) is 0.824. The van der Waals surface area contributed by atoms with Crippen LogP contribution in [0.25, 0.3) is 0 Å². The number of nitrogens with zero attached hydrogens (tertiary/aromatic N) is 1. The third-order valence-corrected chi connectivity index (χ3v) is 6.86. The molecule has 3 rings (SSSR count). The van der Waals surface area contributed by atoms with Gasteiger partial charge in [-0.2, -0.15) is 0 Å². The molecule has 0 aromatic heterocycles. The number of hydrogen-bond donors (Lipinski definition) is 3. The molecule has 1 aromatic rings. The summed E-state index contributed by atoms with van der Waals surface area (Å²) < 4.78 is 0. The second kappa shape index (κ2) is 15.3. The Hall–Kier alpha value is -1.66. The number of benzene rings is 1. The van der Waals surface area contributed by atoms with Crippen molar-refractivity contribution in [1.29, 1.82) is 0 Å². The standard InChI is InChI=1S/C23H34Cl2N4O2.2CH4/c24-18-12-11-17(21(25)14-18)15-27-23(31)29-13-7-6-10-20(29)16-26-22(30)28-19-8-4-2-1-3-5-9-19;;/h11-12,14,19-20H,1-10,13,15-16H2,(H,27,31)(H2,26,28,30);2*1H4. The molecule has 188 valence electrons. The molecular weight excluding hydrogens is 459 g/mol. The van der Waals surface area contributed by atoms with E-state index in [-0.39, 0.29) is 39.0 Å². The highest BCUT2D eigenvalue weighted by Crippen LogP contribution is 2.22. The van der Waals surface area contributed by atoms with Gasteiger partial charge in [0.25, 0.3) is 0 Å². The Morgan fingerprint density at radius 2 is 1.58 bits per heavy atom. The van der Waals surface area contributed by atoms with Crippen molar-refractivity contribution in [2.75, 3.05) is 13.1 Å². The first-order valence-electron chi connectivity index (χ1n) is 11.6. The number of rotatable bonds is 5. The summed E-state index contributed by atoms with van der Waals surface area (Å²) in [5, 5.41) is 10.2. The fourth-order valence-corrected chi connectivity index (χ4v) is 4.94. The third kappa shape index (κ3) is 9.62. The summed E-state index contributed by atoms with van der Waals surface area (Å²) in [5.74, 6) is 0. The Bertz CT molecular complexity index is 739. The molecule has 0 radical (unpaired) electrons. The maximum atomic E-state index is 12.8. The van der Waals surface area contributed by atoms with Gasteiger partial charge in [-0.3, -0.25) is 0 Å². The van der Waals surface area contributed by atoms with E-state index in [9.17, 15) is 9.59 Å². The van der Waals surface area contributed by atoms with E-state index in [4.69, 9.17) is 23.2 Å². The van der Waals surface area contributed by atoms with Crippen molar-refractivity contribution in [3.05, 3.63) is 33.8 Å². The molecule has 2 fully saturated rings. The number of carbonyl (C=O) groups excluding carboxylic acids is 2. The van der Waals surface area contributed by atoms with Gasteiger partial charge in [-0.25, -0.2) is 9.59 Å². The van der Waals surface area contributed by atoms with Crippen LogP contribution in [0.4, 0.5) is 9.59 Å². The van der Waals surface area contributed by atoms with Crippen LogP contribution in [-0.4, -0.2) is 42.1 Å². The largest absolute Gasteiger partial charge is 0.336 e. The topological polar surface area (TPSA) is 73.5 Å². The van der Waals surface area contributed by atoms with E-state index in [0.717, 1.165) is 37.7 Å². The SMILES string of the molecule is C.C.O=C(NCC1CCCCN1C(=O)NCc1ccc(Cl)cc1Cl)NC1CCCCCCC1. The van der Waals surface area contributed by atoms with Crippen LogP contribution in [0.3, 0.4) is 0 Å². The second-order valence-corrected chi connectivity index (χ2v) is 9.48. The summed E-state index contributed by atoms with van der Waals surface area (Å²) in [6, 6.07) is 5.26. The molecule has 4 amide bonds. The fraction of sp³-hybridized carbons (Fsp3) is 0.680. The Morgan fingerprint density at radius 1 is 0.909 bits per heavy atom. The first-order chi connectivity index (χ1) is 15.0. The van der Waals surface area contributed by atoms with E-state index in [0.29, 0.717) is 29.7 Å². The molecule has 33 heavy (non-hydrogen) atoms. The van der Waals surface area contributed by atoms with Crippen molar-refractivity contribution in [2.45, 2.75) is 97.7 Å². The molecule has 2 aliphatic rings. The van der Waals surface area contributed by atoms with Crippen LogP contribution in [0, 0.1) is 0 Å². The molecule has 3 N–H and O–H groups in total. The number of hydrogen-bond acceptors (Lipinski definition) is 2. The van der Waals surface area contributed by atoms with E-state index in [1.807, 2.05) is 11.0 Å². The highest BCUT2D eigenvalue weighted by molar-refractivity contribution is 6.35. The summed E-state index contributed by atoms with van der Waals surface area (Å²) in [6.45, 7) is 1.50. The summed E-state index contributed by atoms with van der Waals surface area (Å²) in [4.78, 5) is 27.1. The average molecular weight is 502 g/mol. The Labute approximate surface area is 210 Å². The predicted molar refractivity (Wildman–Crippen MR) is 139 cm³/mol. The van der Waals surface area contributed by atoms with Crippen molar-refractivity contribution in [1.82, 2.24) is 20.9 Å². The predicted octanol–water partition coefficient (Wildman–Crippen LogP) is 6.74. The zero-order chi connectivity index (χ0) is 22.1. The number of likely N-dealkylation sites (tertiary alicyclic amines) is 1. The first kappa shape index (κ1) is 29.4. The van der Waals surface area contributed by atoms with Crippen molar-refractivity contribution in [2.24, 2.45) is 0 Å². The first-order valence-corrected chi connectivity index (χ1v) is 12.3. The normalized spacial score (nSPS) is 19.2. The summed E-state index contributed by atoms with van der Waals surface area (Å²) in [6.07, 6.45) is 11.2. The van der Waals surface area contributed by atoms with Crippen LogP contribution in [-0.2, 0) is 6.54 Å². The summed E-state index contributed by atoms with van der Waals surface area (Å²) >= 11 is 12.1. The second-order valence-electron chi connectivity index (χ2n) is 8.63. The minimum atomic E-state index is -0.127. The number of piperidine rings is 1. The zero-order valence-electron chi connectivity index (χ0n) is 18.1. The smallest absolute Gasteiger partial charge is 0.317 e. The lowest BCUT2D eigenvalue weighted by atomic mass is 9.97. The highest BCUT2D eigenvalue weighted by atomic mass is 35.5. The minimum Gasteiger partial charge on any atom is -0.336 e. The van der Waals surface area contributed by atoms with Crippen LogP contribution in [0.5, 0.6) is 0 Å². The molecule has 1 atom stereocenters. The number of amides is 4. The zero-order valence-corrected chi connectivity index (χ0v) is 19.6. The molecule has 1 saturated heterocycles. The van der Waals surface area contributed by atoms with Gasteiger partial charge in [0, 0.05) is 35.7 Å². The highest BCUT2D eigenvalue weighted by Gasteiger charge is 2.27. The van der Waals surface area contributed by atoms with Gasteiger partial charge in [0.15, 0.2) is 0 Å². The van der Waals surface area contributed by atoms with Gasteiger partial charge < -0.3 is 20.9 Å².